The van der Waals surface area contributed by atoms with E-state index in [1.165, 1.54) is 17.4 Å². The first-order valence-corrected chi connectivity index (χ1v) is 15.0. The maximum Gasteiger partial charge on any atom is 0.427 e. The molecule has 1 fully saturated rings. The molecule has 10 nitrogen and oxygen atoms in total. The van der Waals surface area contributed by atoms with Crippen molar-refractivity contribution in [3.05, 3.63) is 84.2 Å². The van der Waals surface area contributed by atoms with Crippen LogP contribution in [0, 0.1) is 18.2 Å². The summed E-state index contributed by atoms with van der Waals surface area (Å²) in [6, 6.07) is 15.1. The normalized spacial score (nSPS) is 17.2. The van der Waals surface area contributed by atoms with Crippen LogP contribution in [0.4, 0.5) is 20.6 Å². The van der Waals surface area contributed by atoms with Crippen LogP contribution in [0.25, 0.3) is 0 Å². The summed E-state index contributed by atoms with van der Waals surface area (Å²) in [6.45, 7) is 13.5. The fourth-order valence-electron chi connectivity index (χ4n) is 4.93. The number of aliphatic hydroxyl groups is 2. The van der Waals surface area contributed by atoms with Crippen molar-refractivity contribution in [3.63, 3.8) is 0 Å². The largest absolute Gasteiger partial charge is 0.493 e. The quantitative estimate of drug-likeness (QED) is 0.242. The molecule has 1 saturated heterocycles. The first kappa shape index (κ1) is 31.3. The summed E-state index contributed by atoms with van der Waals surface area (Å²) in [5, 5.41) is 9.70. The van der Waals surface area contributed by atoms with Gasteiger partial charge >= 0.3 is 11.9 Å². The molecular formula is C33H42FN6O4+3. The number of ether oxygens (including phenoxy) is 3. The minimum atomic E-state index is -0.605. The Bertz CT molecular complexity index is 1530. The zero-order valence-electron chi connectivity index (χ0n) is 25.8. The summed E-state index contributed by atoms with van der Waals surface area (Å²) < 4.78 is 31.2. The van der Waals surface area contributed by atoms with Crippen LogP contribution in [0.15, 0.2) is 77.8 Å². The summed E-state index contributed by atoms with van der Waals surface area (Å²) in [7, 11) is 0. The monoisotopic (exact) mass is 605 g/mol. The van der Waals surface area contributed by atoms with Crippen molar-refractivity contribution in [2.24, 2.45) is 10.5 Å². The number of quaternary nitrogens is 2. The van der Waals surface area contributed by atoms with Gasteiger partial charge in [0, 0.05) is 48.1 Å². The topological polar surface area (TPSA) is 110 Å². The lowest BCUT2D eigenvalue weighted by molar-refractivity contribution is -0.877. The molecule has 3 heterocycles. The molecule has 1 atom stereocenters. The first-order valence-electron chi connectivity index (χ1n) is 15.0. The lowest BCUT2D eigenvalue weighted by Crippen LogP contribution is -3.13. The fourth-order valence-corrected chi connectivity index (χ4v) is 4.93. The van der Waals surface area contributed by atoms with E-state index < -0.39 is 11.8 Å². The third-order valence-electron chi connectivity index (χ3n) is 7.30. The highest BCUT2D eigenvalue weighted by molar-refractivity contribution is 5.99. The number of rotatable bonds is 10. The molecule has 1 unspecified atom stereocenters. The number of carbonyl (C=O) groups excluding carboxylic acids is 1. The van der Waals surface area contributed by atoms with Crippen molar-refractivity contribution in [2.75, 3.05) is 44.8 Å². The number of halogens is 1. The van der Waals surface area contributed by atoms with E-state index in [9.17, 15) is 9.18 Å². The Hall–Kier alpha value is -4.16. The summed E-state index contributed by atoms with van der Waals surface area (Å²) in [4.78, 5) is 19.7. The van der Waals surface area contributed by atoms with Crippen LogP contribution >= 0.6 is 0 Å². The van der Waals surface area contributed by atoms with Gasteiger partial charge in [0.25, 0.3) is 0 Å². The van der Waals surface area contributed by atoms with Crippen LogP contribution < -0.4 is 25.1 Å². The first-order chi connectivity index (χ1) is 21.1. The number of morpholine rings is 1. The second-order valence-corrected chi connectivity index (χ2v) is 11.9. The number of aromatic nitrogens is 1. The van der Waals surface area contributed by atoms with Gasteiger partial charge in [-0.25, -0.2) is 9.18 Å². The number of nitrogens with two attached hydrogens (primary N) is 1. The predicted octanol–water partition coefficient (Wildman–Crippen LogP) is 3.50. The SMILES string of the molecule is Cc1cc(Oc2ccc(NC(=O)[NH2+]C3=CC(C(C)(C)C)=N[NH+]3c3cccc(OCCCN4CC[OH+]CC4)c3)c(F)c2)ccn1. The maximum atomic E-state index is 15.0. The number of allylic oxidation sites excluding steroid dienone is 1. The van der Waals surface area contributed by atoms with Crippen LogP contribution in [0.5, 0.6) is 17.2 Å². The molecule has 2 amide bonds. The zero-order valence-corrected chi connectivity index (χ0v) is 25.8. The number of urea groups is 1. The van der Waals surface area contributed by atoms with Gasteiger partial charge < -0.3 is 14.2 Å². The molecule has 0 spiro atoms. The van der Waals surface area contributed by atoms with Gasteiger partial charge in [0.05, 0.1) is 31.5 Å². The highest BCUT2D eigenvalue weighted by atomic mass is 19.1. The molecule has 11 heteroatoms. The van der Waals surface area contributed by atoms with E-state index in [-0.39, 0.29) is 11.1 Å². The number of amides is 2. The molecule has 5 N–H and O–H groups in total. The Morgan fingerprint density at radius 2 is 1.89 bits per heavy atom. The van der Waals surface area contributed by atoms with Gasteiger partial charge in [0.1, 0.15) is 23.0 Å². The highest BCUT2D eigenvalue weighted by Gasteiger charge is 2.36. The number of carbonyl (C=O) groups is 1. The van der Waals surface area contributed by atoms with Gasteiger partial charge in [0.15, 0.2) is 24.7 Å². The number of nitrogens with one attached hydrogen (secondary N) is 2. The van der Waals surface area contributed by atoms with Crippen molar-refractivity contribution in [1.29, 1.82) is 0 Å². The van der Waals surface area contributed by atoms with Gasteiger partial charge in [-0.1, -0.05) is 36.9 Å². The van der Waals surface area contributed by atoms with E-state index in [1.807, 2.05) is 37.3 Å². The summed E-state index contributed by atoms with van der Waals surface area (Å²) in [5.41, 5.74) is 2.30. The third kappa shape index (κ3) is 8.48. The number of nitrogens with zero attached hydrogens (tertiary/aromatic N) is 3. The van der Waals surface area contributed by atoms with E-state index in [0.29, 0.717) is 28.9 Å². The minimum absolute atomic E-state index is 0.0518. The van der Waals surface area contributed by atoms with Gasteiger partial charge in [-0.15, -0.1) is 0 Å². The van der Waals surface area contributed by atoms with Crippen molar-refractivity contribution in [2.45, 2.75) is 34.1 Å². The lowest BCUT2D eigenvalue weighted by atomic mass is 9.90. The van der Waals surface area contributed by atoms with Crippen LogP contribution in [-0.4, -0.2) is 65.8 Å². The van der Waals surface area contributed by atoms with Crippen molar-refractivity contribution >= 4 is 23.1 Å². The Labute approximate surface area is 257 Å². The number of hydrogen-bond donors (Lipinski definition) is 3. The molecule has 0 aliphatic carbocycles. The van der Waals surface area contributed by atoms with Crippen molar-refractivity contribution < 1.29 is 33.7 Å². The van der Waals surface area contributed by atoms with E-state index in [4.69, 9.17) is 14.6 Å². The molecule has 3 aromatic rings. The maximum absolute atomic E-state index is 15.0. The van der Waals surface area contributed by atoms with E-state index in [2.05, 4.69) is 40.7 Å². The number of primary amides is 1. The predicted molar refractivity (Wildman–Crippen MR) is 167 cm³/mol. The summed E-state index contributed by atoms with van der Waals surface area (Å²) >= 11 is 0. The fraction of sp³-hybridized carbons (Fsp3) is 0.364. The molecule has 44 heavy (non-hydrogen) atoms. The molecule has 232 valence electrons. The third-order valence-corrected chi connectivity index (χ3v) is 7.30. The van der Waals surface area contributed by atoms with Crippen LogP contribution in [-0.2, 0) is 0 Å². The average molecular weight is 606 g/mol. The molecule has 2 aromatic carbocycles. The average Bonchev–Trinajstić information content (AvgIpc) is 3.42. The summed E-state index contributed by atoms with van der Waals surface area (Å²) in [5.74, 6) is 1.66. The Balaban J connectivity index is 1.22. The number of pyridine rings is 1. The Morgan fingerprint density at radius 1 is 1.09 bits per heavy atom. The second-order valence-electron chi connectivity index (χ2n) is 11.9. The number of hydrogen-bond acceptors (Lipinski definition) is 6. The van der Waals surface area contributed by atoms with Gasteiger partial charge in [-0.3, -0.25) is 15.2 Å². The smallest absolute Gasteiger partial charge is 0.427 e. The van der Waals surface area contributed by atoms with Crippen molar-refractivity contribution in [3.8, 4) is 17.2 Å². The van der Waals surface area contributed by atoms with E-state index in [0.717, 1.165) is 62.1 Å². The molecule has 0 radical (unpaired) electrons. The number of aryl methyl sites for hydroxylation is 1. The molecule has 0 saturated carbocycles. The number of benzene rings is 2. The second kappa shape index (κ2) is 14.1. The van der Waals surface area contributed by atoms with Gasteiger partial charge in [-0.2, -0.15) is 5.32 Å². The molecule has 5 rings (SSSR count). The van der Waals surface area contributed by atoms with Crippen LogP contribution in [0.1, 0.15) is 32.9 Å². The zero-order chi connectivity index (χ0) is 31.1. The van der Waals surface area contributed by atoms with E-state index in [1.54, 1.807) is 24.4 Å². The van der Waals surface area contributed by atoms with Gasteiger partial charge in [0.2, 0.25) is 0 Å². The van der Waals surface area contributed by atoms with Crippen molar-refractivity contribution in [1.82, 2.24) is 9.88 Å². The molecule has 2 aliphatic rings. The Morgan fingerprint density at radius 3 is 2.64 bits per heavy atom. The van der Waals surface area contributed by atoms with Gasteiger partial charge in [-0.05, 0) is 37.6 Å². The van der Waals surface area contributed by atoms with Crippen LogP contribution in [0.3, 0.4) is 0 Å². The number of anilines is 1. The molecule has 2 aliphatic heterocycles. The molecular weight excluding hydrogens is 563 g/mol. The Kier molecular flexibility index (Phi) is 10.0. The van der Waals surface area contributed by atoms with Crippen LogP contribution in [0.2, 0.25) is 0 Å². The standard InChI is InChI=1S/C33H39FN6O4/c1-23-19-27(11-12-35-23)44-26-9-10-29(28(34)21-26)36-32(41)37-31-22-30(33(2,3)4)38-40(31)24-7-5-8-25(20-24)43-16-6-13-39-14-17-42-18-15-39/h5,7-12,19-22H,6,13-18H2,1-4H3,(H2,36,37,41)/p+3. The highest BCUT2D eigenvalue weighted by Crippen LogP contribution is 2.26. The molecule has 0 bridgehead atoms. The van der Waals surface area contributed by atoms with E-state index >= 15 is 0 Å². The summed E-state index contributed by atoms with van der Waals surface area (Å²) in [6.07, 6.45) is 4.47. The minimum Gasteiger partial charge on any atom is -0.493 e. The molecule has 1 aromatic heterocycles. The lowest BCUT2D eigenvalue weighted by Gasteiger charge is -2.23.